The van der Waals surface area contributed by atoms with Gasteiger partial charge in [0.2, 0.25) is 5.91 Å². The van der Waals surface area contributed by atoms with Gasteiger partial charge in [0.05, 0.1) is 25.2 Å². The summed E-state index contributed by atoms with van der Waals surface area (Å²) >= 11 is 0. The first-order chi connectivity index (χ1) is 10.1. The third-order valence-corrected chi connectivity index (χ3v) is 3.89. The van der Waals surface area contributed by atoms with Gasteiger partial charge in [0.15, 0.2) is 0 Å². The quantitative estimate of drug-likeness (QED) is 0.902. The van der Waals surface area contributed by atoms with Crippen LogP contribution in [0.4, 0.5) is 4.39 Å². The number of hydrogen-bond donors (Lipinski definition) is 1. The summed E-state index contributed by atoms with van der Waals surface area (Å²) in [5, 5.41) is 3.23. The molecule has 6 heteroatoms. The van der Waals surface area contributed by atoms with Crippen molar-refractivity contribution in [3.05, 3.63) is 35.6 Å². The second-order valence-electron chi connectivity index (χ2n) is 5.31. The summed E-state index contributed by atoms with van der Waals surface area (Å²) in [5.74, 6) is -0.190. The monoisotopic (exact) mass is 330 g/mol. The number of nitrogens with one attached hydrogen (secondary N) is 1. The topological polar surface area (TPSA) is 41.6 Å². The Balaban J connectivity index is 0.00000242. The maximum absolute atomic E-state index is 13.0. The van der Waals surface area contributed by atoms with Gasteiger partial charge in [-0.15, -0.1) is 12.4 Å². The van der Waals surface area contributed by atoms with E-state index in [-0.39, 0.29) is 36.3 Å². The van der Waals surface area contributed by atoms with Crippen LogP contribution in [-0.2, 0) is 9.53 Å². The maximum atomic E-state index is 13.0. The SMILES string of the molecule is CCN(C(=O)CC1CNCCO1)C(C)c1ccc(F)cc1.Cl. The molecule has 1 N–H and O–H groups in total. The Labute approximate surface area is 137 Å². The number of nitrogens with zero attached hydrogens (tertiary/aromatic N) is 1. The summed E-state index contributed by atoms with van der Waals surface area (Å²) in [4.78, 5) is 14.3. The van der Waals surface area contributed by atoms with Crippen molar-refractivity contribution < 1.29 is 13.9 Å². The van der Waals surface area contributed by atoms with Gasteiger partial charge in [-0.25, -0.2) is 4.39 Å². The number of carbonyl (C=O) groups is 1. The zero-order valence-corrected chi connectivity index (χ0v) is 13.9. The number of halogens is 2. The minimum atomic E-state index is -0.262. The lowest BCUT2D eigenvalue weighted by molar-refractivity contribution is -0.136. The summed E-state index contributed by atoms with van der Waals surface area (Å²) < 4.78 is 18.6. The second-order valence-corrected chi connectivity index (χ2v) is 5.31. The number of ether oxygens (including phenoxy) is 1. The molecule has 1 aromatic carbocycles. The number of amides is 1. The highest BCUT2D eigenvalue weighted by Gasteiger charge is 2.24. The molecule has 1 heterocycles. The Morgan fingerprint density at radius 1 is 1.45 bits per heavy atom. The fourth-order valence-electron chi connectivity index (χ4n) is 2.65. The molecule has 124 valence electrons. The van der Waals surface area contributed by atoms with E-state index in [2.05, 4.69) is 5.32 Å². The van der Waals surface area contributed by atoms with Gasteiger partial charge in [-0.3, -0.25) is 4.79 Å². The summed E-state index contributed by atoms with van der Waals surface area (Å²) in [6.45, 7) is 6.75. The lowest BCUT2D eigenvalue weighted by Crippen LogP contribution is -2.43. The average molecular weight is 331 g/mol. The van der Waals surface area contributed by atoms with Crippen LogP contribution >= 0.6 is 12.4 Å². The van der Waals surface area contributed by atoms with Gasteiger partial charge < -0.3 is 15.0 Å². The highest BCUT2D eigenvalue weighted by molar-refractivity contribution is 5.85. The van der Waals surface area contributed by atoms with Crippen LogP contribution < -0.4 is 5.32 Å². The van der Waals surface area contributed by atoms with Crippen molar-refractivity contribution in [2.24, 2.45) is 0 Å². The largest absolute Gasteiger partial charge is 0.375 e. The first-order valence-corrected chi connectivity index (χ1v) is 7.49. The highest BCUT2D eigenvalue weighted by Crippen LogP contribution is 2.21. The minimum Gasteiger partial charge on any atom is -0.375 e. The number of benzene rings is 1. The molecule has 0 bridgehead atoms. The molecule has 0 saturated carbocycles. The standard InChI is InChI=1S/C16H23FN2O2.ClH/c1-3-19(12(2)13-4-6-14(17)7-5-13)16(20)10-15-11-18-8-9-21-15;/h4-7,12,15,18H,3,8-11H2,1-2H3;1H. The van der Waals surface area contributed by atoms with Crippen LogP contribution in [0.15, 0.2) is 24.3 Å². The van der Waals surface area contributed by atoms with Gasteiger partial charge >= 0.3 is 0 Å². The molecule has 0 spiro atoms. The van der Waals surface area contributed by atoms with Crippen molar-refractivity contribution in [1.29, 1.82) is 0 Å². The van der Waals surface area contributed by atoms with Gasteiger partial charge in [-0.2, -0.15) is 0 Å². The van der Waals surface area contributed by atoms with E-state index in [1.54, 1.807) is 12.1 Å². The lowest BCUT2D eigenvalue weighted by atomic mass is 10.1. The first-order valence-electron chi connectivity index (χ1n) is 7.49. The van der Waals surface area contributed by atoms with E-state index in [9.17, 15) is 9.18 Å². The van der Waals surface area contributed by atoms with E-state index in [0.717, 1.165) is 12.1 Å². The molecule has 2 rings (SSSR count). The molecule has 1 aliphatic rings. The van der Waals surface area contributed by atoms with Crippen molar-refractivity contribution in [1.82, 2.24) is 10.2 Å². The number of rotatable bonds is 5. The zero-order chi connectivity index (χ0) is 15.2. The number of carbonyl (C=O) groups excluding carboxylic acids is 1. The summed E-state index contributed by atoms with van der Waals surface area (Å²) in [6, 6.07) is 6.25. The fraction of sp³-hybridized carbons (Fsp3) is 0.562. The van der Waals surface area contributed by atoms with Crippen LogP contribution in [0.1, 0.15) is 31.9 Å². The van der Waals surface area contributed by atoms with Gasteiger partial charge in [0.1, 0.15) is 5.82 Å². The Morgan fingerprint density at radius 2 is 2.14 bits per heavy atom. The molecule has 4 nitrogen and oxygen atoms in total. The molecule has 0 aromatic heterocycles. The molecule has 1 saturated heterocycles. The Bertz CT molecular complexity index is 464. The van der Waals surface area contributed by atoms with Crippen LogP contribution in [0.5, 0.6) is 0 Å². The molecule has 22 heavy (non-hydrogen) atoms. The van der Waals surface area contributed by atoms with Crippen LogP contribution in [0.3, 0.4) is 0 Å². The Kier molecular flexibility index (Phi) is 7.79. The Hall–Kier alpha value is -1.17. The third-order valence-electron chi connectivity index (χ3n) is 3.89. The van der Waals surface area contributed by atoms with Crippen LogP contribution in [0.25, 0.3) is 0 Å². The molecule has 1 amide bonds. The van der Waals surface area contributed by atoms with Crippen LogP contribution in [-0.4, -0.2) is 43.2 Å². The van der Waals surface area contributed by atoms with E-state index >= 15 is 0 Å². The van der Waals surface area contributed by atoms with Crippen LogP contribution in [0, 0.1) is 5.82 Å². The highest BCUT2D eigenvalue weighted by atomic mass is 35.5. The average Bonchev–Trinajstić information content (AvgIpc) is 2.49. The molecule has 1 aliphatic heterocycles. The lowest BCUT2D eigenvalue weighted by Gasteiger charge is -2.31. The van der Waals surface area contributed by atoms with Gasteiger partial charge in [-0.05, 0) is 31.5 Å². The van der Waals surface area contributed by atoms with Gasteiger partial charge in [-0.1, -0.05) is 12.1 Å². The summed E-state index contributed by atoms with van der Waals surface area (Å²) in [5.41, 5.74) is 0.939. The second kappa shape index (κ2) is 9.08. The van der Waals surface area contributed by atoms with E-state index in [1.807, 2.05) is 18.7 Å². The third kappa shape index (κ3) is 4.93. The van der Waals surface area contributed by atoms with E-state index in [0.29, 0.717) is 26.1 Å². The predicted octanol–water partition coefficient (Wildman–Crippen LogP) is 2.54. The fourth-order valence-corrected chi connectivity index (χ4v) is 2.65. The maximum Gasteiger partial charge on any atom is 0.225 e. The first kappa shape index (κ1) is 18.9. The van der Waals surface area contributed by atoms with Crippen molar-refractivity contribution in [2.75, 3.05) is 26.2 Å². The van der Waals surface area contributed by atoms with Gasteiger partial charge in [0, 0.05) is 19.6 Å². The molecule has 2 atom stereocenters. The predicted molar refractivity (Wildman–Crippen MR) is 86.7 cm³/mol. The smallest absolute Gasteiger partial charge is 0.225 e. The molecular weight excluding hydrogens is 307 g/mol. The Morgan fingerprint density at radius 3 is 2.68 bits per heavy atom. The van der Waals surface area contributed by atoms with E-state index in [1.165, 1.54) is 12.1 Å². The van der Waals surface area contributed by atoms with Crippen molar-refractivity contribution in [3.63, 3.8) is 0 Å². The summed E-state index contributed by atoms with van der Waals surface area (Å²) in [7, 11) is 0. The number of morpholine rings is 1. The molecular formula is C16H24ClFN2O2. The van der Waals surface area contributed by atoms with Crippen LogP contribution in [0.2, 0.25) is 0 Å². The van der Waals surface area contributed by atoms with Gasteiger partial charge in [0.25, 0.3) is 0 Å². The molecule has 1 aromatic rings. The number of hydrogen-bond acceptors (Lipinski definition) is 3. The molecule has 2 unspecified atom stereocenters. The molecule has 0 aliphatic carbocycles. The van der Waals surface area contributed by atoms with Crippen molar-refractivity contribution in [3.8, 4) is 0 Å². The zero-order valence-electron chi connectivity index (χ0n) is 13.0. The summed E-state index contributed by atoms with van der Waals surface area (Å²) in [6.07, 6.45) is 0.326. The van der Waals surface area contributed by atoms with Crippen molar-refractivity contribution in [2.45, 2.75) is 32.4 Å². The van der Waals surface area contributed by atoms with E-state index < -0.39 is 0 Å². The van der Waals surface area contributed by atoms with E-state index in [4.69, 9.17) is 4.74 Å². The minimum absolute atomic E-state index is 0. The molecule has 1 fully saturated rings. The normalized spacial score (nSPS) is 19.1. The van der Waals surface area contributed by atoms with Crippen molar-refractivity contribution >= 4 is 18.3 Å². The molecule has 0 radical (unpaired) electrons.